The van der Waals surface area contributed by atoms with Crippen LogP contribution in [0.2, 0.25) is 0 Å². The highest BCUT2D eigenvalue weighted by molar-refractivity contribution is 5.49. The summed E-state index contributed by atoms with van der Waals surface area (Å²) in [5, 5.41) is 0. The number of ether oxygens (including phenoxy) is 2. The second-order valence-electron chi connectivity index (χ2n) is 12.3. The predicted octanol–water partition coefficient (Wildman–Crippen LogP) is 5.49. The summed E-state index contributed by atoms with van der Waals surface area (Å²) in [5.74, 6) is 3.49. The molecular weight excluding hydrogens is 420 g/mol. The van der Waals surface area contributed by atoms with Crippen LogP contribution in [0, 0.1) is 5.92 Å². The third kappa shape index (κ3) is 4.35. The second-order valence-corrected chi connectivity index (χ2v) is 12.3. The van der Waals surface area contributed by atoms with Crippen LogP contribution in [-0.4, -0.2) is 62.3 Å². The minimum Gasteiger partial charge on any atom is -0.487 e. The normalized spacial score (nSPS) is 28.6. The van der Waals surface area contributed by atoms with Crippen molar-refractivity contribution in [2.24, 2.45) is 5.92 Å². The molecule has 4 nitrogen and oxygen atoms in total. The van der Waals surface area contributed by atoms with E-state index in [1.807, 2.05) is 0 Å². The van der Waals surface area contributed by atoms with E-state index in [9.17, 15) is 0 Å². The lowest BCUT2D eigenvalue weighted by molar-refractivity contribution is -0.0801. The number of hydrogen-bond donors (Lipinski definition) is 0. The van der Waals surface area contributed by atoms with Crippen molar-refractivity contribution in [3.63, 3.8) is 0 Å². The van der Waals surface area contributed by atoms with E-state index < -0.39 is 0 Å². The molecule has 0 unspecified atom stereocenters. The minimum absolute atomic E-state index is 0.131. The molecule has 2 aromatic carbocycles. The van der Waals surface area contributed by atoms with E-state index >= 15 is 0 Å². The Balaban J connectivity index is 1.54. The van der Waals surface area contributed by atoms with Crippen molar-refractivity contribution in [3.05, 3.63) is 58.7 Å². The van der Waals surface area contributed by atoms with Crippen molar-refractivity contribution < 1.29 is 9.47 Å². The average Bonchev–Trinajstić information content (AvgIpc) is 2.75. The van der Waals surface area contributed by atoms with Crippen molar-refractivity contribution in [3.8, 4) is 11.5 Å². The average molecular weight is 463 g/mol. The van der Waals surface area contributed by atoms with Gasteiger partial charge in [-0.05, 0) is 121 Å². The van der Waals surface area contributed by atoms with Gasteiger partial charge in [0.1, 0.15) is 22.7 Å². The van der Waals surface area contributed by atoms with E-state index in [-0.39, 0.29) is 11.2 Å². The molecule has 4 atom stereocenters. The monoisotopic (exact) mass is 462 g/mol. The summed E-state index contributed by atoms with van der Waals surface area (Å²) in [6.45, 7) is 9.07. The van der Waals surface area contributed by atoms with Gasteiger partial charge in [0.15, 0.2) is 0 Å². The Morgan fingerprint density at radius 3 is 1.68 bits per heavy atom. The molecule has 2 aromatic rings. The number of hydrogen-bond acceptors (Lipinski definition) is 4. The third-order valence-corrected chi connectivity index (χ3v) is 8.35. The van der Waals surface area contributed by atoms with Crippen LogP contribution < -0.4 is 9.47 Å². The summed E-state index contributed by atoms with van der Waals surface area (Å²) < 4.78 is 13.5. The van der Waals surface area contributed by atoms with Crippen LogP contribution in [0.1, 0.15) is 67.7 Å². The van der Waals surface area contributed by atoms with Crippen LogP contribution in [0.15, 0.2) is 36.4 Å². The molecule has 2 bridgehead atoms. The molecule has 0 spiro atoms. The van der Waals surface area contributed by atoms with Crippen LogP contribution in [0.4, 0.5) is 0 Å². The summed E-state index contributed by atoms with van der Waals surface area (Å²) in [6, 6.07) is 13.8. The first-order valence-corrected chi connectivity index (χ1v) is 13.0. The molecule has 4 heteroatoms. The maximum absolute atomic E-state index is 6.76. The molecule has 0 aromatic heterocycles. The fourth-order valence-electron chi connectivity index (χ4n) is 6.80. The van der Waals surface area contributed by atoms with E-state index in [1.54, 1.807) is 0 Å². The molecule has 3 aliphatic rings. The Labute approximate surface area is 206 Å². The number of rotatable bonds is 6. The molecule has 0 radical (unpaired) electrons. The van der Waals surface area contributed by atoms with Crippen molar-refractivity contribution >= 4 is 0 Å². The maximum Gasteiger partial charge on any atom is 0.123 e. The summed E-state index contributed by atoms with van der Waals surface area (Å²) >= 11 is 0. The van der Waals surface area contributed by atoms with Crippen LogP contribution in [0.5, 0.6) is 11.5 Å². The molecule has 2 heterocycles. The molecule has 1 saturated carbocycles. The molecule has 2 aliphatic heterocycles. The highest BCUT2D eigenvalue weighted by Crippen LogP contribution is 2.62. The van der Waals surface area contributed by atoms with Crippen LogP contribution >= 0.6 is 0 Å². The molecule has 34 heavy (non-hydrogen) atoms. The fourth-order valence-corrected chi connectivity index (χ4v) is 6.80. The SMILES string of the molecule is CN(C)CCc1ccc2c(c1)[C@H]1C[C@]3(C)C[C@H](c4cc(CCN(C)C)ccc4O3)[C@H]1C(C)(C)O2. The number of fused-ring (bicyclic) bond motifs is 8. The van der Waals surface area contributed by atoms with Gasteiger partial charge in [0.25, 0.3) is 0 Å². The van der Waals surface area contributed by atoms with Crippen molar-refractivity contribution in [2.75, 3.05) is 41.3 Å². The minimum atomic E-state index is -0.219. The number of benzene rings is 2. The summed E-state index contributed by atoms with van der Waals surface area (Å²) in [7, 11) is 8.57. The van der Waals surface area contributed by atoms with E-state index in [0.29, 0.717) is 17.8 Å². The standard InChI is InChI=1S/C30H42N2O2/c1-29(2)28-24(22-16-20(12-14-31(4)5)8-10-26(22)33-29)18-30(3)19-25(28)23-17-21(13-15-32(6)7)9-11-27(23)34-30/h8-11,16-17,24-25,28H,12-15,18-19H2,1-7H3/t24-,25-,28+,30-/m1/s1. The molecular formula is C30H42N2O2. The first kappa shape index (κ1) is 23.7. The number of nitrogens with zero attached hydrogens (tertiary/aromatic N) is 2. The Hall–Kier alpha value is -2.04. The van der Waals surface area contributed by atoms with E-state index in [1.165, 1.54) is 22.3 Å². The summed E-state index contributed by atoms with van der Waals surface area (Å²) in [4.78, 5) is 4.51. The van der Waals surface area contributed by atoms with E-state index in [0.717, 1.165) is 50.3 Å². The van der Waals surface area contributed by atoms with Gasteiger partial charge in [0.05, 0.1) is 0 Å². The van der Waals surface area contributed by atoms with E-state index in [2.05, 4.69) is 95.2 Å². The number of likely N-dealkylation sites (N-methyl/N-ethyl adjacent to an activating group) is 2. The fraction of sp³-hybridized carbons (Fsp3) is 0.600. The third-order valence-electron chi connectivity index (χ3n) is 8.35. The molecule has 5 rings (SSSR count). The molecule has 0 amide bonds. The lowest BCUT2D eigenvalue weighted by atomic mass is 9.55. The Kier molecular flexibility index (Phi) is 5.97. The van der Waals surface area contributed by atoms with Gasteiger partial charge < -0.3 is 19.3 Å². The lowest BCUT2D eigenvalue weighted by Gasteiger charge is -2.57. The first-order valence-electron chi connectivity index (χ1n) is 13.0. The quantitative estimate of drug-likeness (QED) is 0.566. The Morgan fingerprint density at radius 2 is 1.21 bits per heavy atom. The summed E-state index contributed by atoms with van der Waals surface area (Å²) in [5.41, 5.74) is 5.25. The van der Waals surface area contributed by atoms with Crippen molar-refractivity contribution in [2.45, 2.75) is 69.5 Å². The van der Waals surface area contributed by atoms with Gasteiger partial charge >= 0.3 is 0 Å². The van der Waals surface area contributed by atoms with Gasteiger partial charge in [-0.1, -0.05) is 24.3 Å². The van der Waals surface area contributed by atoms with E-state index in [4.69, 9.17) is 9.47 Å². The van der Waals surface area contributed by atoms with Gasteiger partial charge in [0.2, 0.25) is 0 Å². The van der Waals surface area contributed by atoms with Crippen LogP contribution in [0.25, 0.3) is 0 Å². The molecule has 1 aliphatic carbocycles. The maximum atomic E-state index is 6.76. The van der Waals surface area contributed by atoms with Gasteiger partial charge in [-0.3, -0.25) is 0 Å². The van der Waals surface area contributed by atoms with Gasteiger partial charge in [-0.25, -0.2) is 0 Å². The Bertz CT molecular complexity index is 1000. The van der Waals surface area contributed by atoms with Gasteiger partial charge in [-0.15, -0.1) is 0 Å². The molecule has 184 valence electrons. The largest absolute Gasteiger partial charge is 0.487 e. The topological polar surface area (TPSA) is 24.9 Å². The molecule has 0 N–H and O–H groups in total. The summed E-state index contributed by atoms with van der Waals surface area (Å²) in [6.07, 6.45) is 4.25. The van der Waals surface area contributed by atoms with Crippen molar-refractivity contribution in [1.82, 2.24) is 9.80 Å². The zero-order valence-corrected chi connectivity index (χ0v) is 22.1. The predicted molar refractivity (Wildman–Crippen MR) is 139 cm³/mol. The smallest absolute Gasteiger partial charge is 0.123 e. The zero-order valence-electron chi connectivity index (χ0n) is 22.1. The van der Waals surface area contributed by atoms with Gasteiger partial charge in [0, 0.05) is 19.0 Å². The van der Waals surface area contributed by atoms with Crippen LogP contribution in [-0.2, 0) is 12.8 Å². The highest BCUT2D eigenvalue weighted by Gasteiger charge is 2.57. The second kappa shape index (κ2) is 8.57. The first-order chi connectivity index (χ1) is 16.0. The van der Waals surface area contributed by atoms with Crippen molar-refractivity contribution in [1.29, 1.82) is 0 Å². The molecule has 1 fully saturated rings. The van der Waals surface area contributed by atoms with Crippen LogP contribution in [0.3, 0.4) is 0 Å². The van der Waals surface area contributed by atoms with Gasteiger partial charge in [-0.2, -0.15) is 0 Å². The zero-order chi connectivity index (χ0) is 24.3. The molecule has 0 saturated heterocycles. The lowest BCUT2D eigenvalue weighted by Crippen LogP contribution is -2.56. The Morgan fingerprint density at radius 1 is 0.735 bits per heavy atom. The highest BCUT2D eigenvalue weighted by atomic mass is 16.5.